The van der Waals surface area contributed by atoms with Crippen LogP contribution in [0.2, 0.25) is 0 Å². The van der Waals surface area contributed by atoms with Crippen LogP contribution in [0.25, 0.3) is 0 Å². The van der Waals surface area contributed by atoms with Crippen molar-refractivity contribution < 1.29 is 32.8 Å². The minimum absolute atomic E-state index is 0.103. The molecule has 160 valence electrons. The van der Waals surface area contributed by atoms with Crippen LogP contribution in [-0.4, -0.2) is 27.9 Å². The van der Waals surface area contributed by atoms with Gasteiger partial charge in [0.15, 0.2) is 0 Å². The normalized spacial score (nSPS) is 13.4. The van der Waals surface area contributed by atoms with Crippen LogP contribution in [0, 0.1) is 0 Å². The molecule has 0 bridgehead atoms. The monoisotopic (exact) mass is 416 g/mol. The molecular weight excluding hydrogens is 383 g/mol. The number of ether oxygens (including phenoxy) is 1. The second-order valence-corrected chi connectivity index (χ2v) is 10.9. The fourth-order valence-corrected chi connectivity index (χ4v) is 3.98. The van der Waals surface area contributed by atoms with Crippen molar-refractivity contribution in [3.05, 3.63) is 29.3 Å². The van der Waals surface area contributed by atoms with Gasteiger partial charge in [-0.3, -0.25) is 9.05 Å². The Morgan fingerprint density at radius 2 is 1.43 bits per heavy atom. The standard InChI is InChI=1S/C20H33O7P/c1-18(2,3)24-17(22)14-10-11-16(15(12-14)13-21)25-28(23,26-19(4,5)6)27-20(7,8)9/h10-12,21H,13H2,1-9H3. The number of aliphatic hydroxyl groups is 1. The van der Waals surface area contributed by atoms with Crippen molar-refractivity contribution in [2.75, 3.05) is 0 Å². The SMILES string of the molecule is CC(C)(C)OC(=O)c1ccc(OP(=O)(OC(C)(C)C)OC(C)(C)C)c(CO)c1. The van der Waals surface area contributed by atoms with E-state index in [0.29, 0.717) is 0 Å². The minimum atomic E-state index is -4.02. The Labute approximate surface area is 168 Å². The van der Waals surface area contributed by atoms with Crippen LogP contribution in [0.1, 0.15) is 78.2 Å². The number of carbonyl (C=O) groups excluding carboxylic acids is 1. The summed E-state index contributed by atoms with van der Waals surface area (Å²) in [5, 5.41) is 9.72. The molecule has 1 N–H and O–H groups in total. The van der Waals surface area contributed by atoms with Gasteiger partial charge in [-0.05, 0) is 80.5 Å². The summed E-state index contributed by atoms with van der Waals surface area (Å²) in [5.74, 6) is -0.430. The molecule has 0 aliphatic heterocycles. The van der Waals surface area contributed by atoms with E-state index in [4.69, 9.17) is 18.3 Å². The number of hydrogen-bond acceptors (Lipinski definition) is 7. The third kappa shape index (κ3) is 8.74. The van der Waals surface area contributed by atoms with Crippen molar-refractivity contribution in [1.29, 1.82) is 0 Å². The first-order valence-electron chi connectivity index (χ1n) is 9.11. The zero-order valence-electron chi connectivity index (χ0n) is 18.3. The Bertz CT molecular complexity index is 716. The molecule has 0 atom stereocenters. The van der Waals surface area contributed by atoms with Gasteiger partial charge in [0.05, 0.1) is 23.4 Å². The van der Waals surface area contributed by atoms with E-state index in [9.17, 15) is 14.5 Å². The Balaban J connectivity index is 3.22. The molecule has 0 unspecified atom stereocenters. The highest BCUT2D eigenvalue weighted by molar-refractivity contribution is 7.49. The predicted molar refractivity (Wildman–Crippen MR) is 107 cm³/mol. The van der Waals surface area contributed by atoms with Crippen LogP contribution in [-0.2, 0) is 25.0 Å². The van der Waals surface area contributed by atoms with Crippen molar-refractivity contribution in [2.24, 2.45) is 0 Å². The molecule has 0 aliphatic carbocycles. The van der Waals surface area contributed by atoms with Crippen molar-refractivity contribution in [3.63, 3.8) is 0 Å². The lowest BCUT2D eigenvalue weighted by Crippen LogP contribution is -2.26. The highest BCUT2D eigenvalue weighted by Crippen LogP contribution is 2.55. The molecule has 0 amide bonds. The van der Waals surface area contributed by atoms with Gasteiger partial charge in [-0.1, -0.05) is 0 Å². The molecule has 28 heavy (non-hydrogen) atoms. The number of benzene rings is 1. The first kappa shape index (κ1) is 24.6. The van der Waals surface area contributed by atoms with Crippen LogP contribution in [0.15, 0.2) is 18.2 Å². The summed E-state index contributed by atoms with van der Waals surface area (Å²) >= 11 is 0. The predicted octanol–water partition coefficient (Wildman–Crippen LogP) is 5.25. The van der Waals surface area contributed by atoms with Crippen LogP contribution < -0.4 is 4.52 Å². The quantitative estimate of drug-likeness (QED) is 0.500. The Kier molecular flexibility index (Phi) is 7.51. The Hall–Kier alpha value is -1.40. The highest BCUT2D eigenvalue weighted by Gasteiger charge is 2.39. The maximum atomic E-state index is 13.2. The summed E-state index contributed by atoms with van der Waals surface area (Å²) in [5.41, 5.74) is -1.73. The van der Waals surface area contributed by atoms with Crippen LogP contribution in [0.4, 0.5) is 0 Å². The second-order valence-electron chi connectivity index (χ2n) is 9.43. The molecule has 0 heterocycles. The summed E-state index contributed by atoms with van der Waals surface area (Å²) in [6.45, 7) is 15.2. The molecule has 0 aliphatic rings. The van der Waals surface area contributed by atoms with E-state index < -0.39 is 37.2 Å². The molecule has 1 aromatic carbocycles. The van der Waals surface area contributed by atoms with Crippen molar-refractivity contribution >= 4 is 13.8 Å². The fourth-order valence-electron chi connectivity index (χ4n) is 2.10. The largest absolute Gasteiger partial charge is 0.531 e. The zero-order valence-corrected chi connectivity index (χ0v) is 19.2. The number of rotatable bonds is 6. The lowest BCUT2D eigenvalue weighted by Gasteiger charge is -2.31. The van der Waals surface area contributed by atoms with Gasteiger partial charge in [0.25, 0.3) is 0 Å². The van der Waals surface area contributed by atoms with Gasteiger partial charge in [-0.15, -0.1) is 0 Å². The molecule has 0 radical (unpaired) electrons. The highest BCUT2D eigenvalue weighted by atomic mass is 31.2. The van der Waals surface area contributed by atoms with Crippen LogP contribution in [0.5, 0.6) is 5.75 Å². The zero-order chi connectivity index (χ0) is 22.0. The molecular formula is C20H33O7P. The maximum absolute atomic E-state index is 13.2. The van der Waals surface area contributed by atoms with Crippen LogP contribution >= 0.6 is 7.82 Å². The number of aliphatic hydroxyl groups excluding tert-OH is 1. The van der Waals surface area contributed by atoms with Gasteiger partial charge in [-0.25, -0.2) is 9.36 Å². The first-order chi connectivity index (χ1) is 12.4. The van der Waals surface area contributed by atoms with Gasteiger partial charge in [-0.2, -0.15) is 0 Å². The van der Waals surface area contributed by atoms with Crippen LogP contribution in [0.3, 0.4) is 0 Å². The number of phosphoric ester groups is 1. The number of phosphoric acid groups is 1. The molecule has 1 aromatic rings. The number of carbonyl (C=O) groups is 1. The van der Waals surface area contributed by atoms with Crippen molar-refractivity contribution in [2.45, 2.75) is 85.7 Å². The van der Waals surface area contributed by atoms with E-state index in [-0.39, 0.29) is 16.9 Å². The van der Waals surface area contributed by atoms with Crippen molar-refractivity contribution in [1.82, 2.24) is 0 Å². The summed E-state index contributed by atoms with van der Waals surface area (Å²) in [7, 11) is -4.02. The summed E-state index contributed by atoms with van der Waals surface area (Å²) in [6, 6.07) is 4.35. The summed E-state index contributed by atoms with van der Waals surface area (Å²) in [6.07, 6.45) is 0. The Morgan fingerprint density at radius 3 is 1.82 bits per heavy atom. The molecule has 1 rings (SSSR count). The Morgan fingerprint density at radius 1 is 0.929 bits per heavy atom. The van der Waals surface area contributed by atoms with Gasteiger partial charge >= 0.3 is 13.8 Å². The lowest BCUT2D eigenvalue weighted by molar-refractivity contribution is 0.00687. The van der Waals surface area contributed by atoms with E-state index in [1.165, 1.54) is 18.2 Å². The van der Waals surface area contributed by atoms with Gasteiger partial charge in [0, 0.05) is 5.56 Å². The molecule has 0 fully saturated rings. The molecule has 8 heteroatoms. The van der Waals surface area contributed by atoms with E-state index in [1.807, 2.05) is 0 Å². The second kappa shape index (κ2) is 8.54. The van der Waals surface area contributed by atoms with Crippen molar-refractivity contribution in [3.8, 4) is 5.75 Å². The third-order valence-corrected chi connectivity index (χ3v) is 4.81. The first-order valence-corrected chi connectivity index (χ1v) is 10.6. The number of hydrogen-bond donors (Lipinski definition) is 1. The van der Waals surface area contributed by atoms with E-state index >= 15 is 0 Å². The molecule has 7 nitrogen and oxygen atoms in total. The minimum Gasteiger partial charge on any atom is -0.456 e. The molecule has 0 saturated carbocycles. The van der Waals surface area contributed by atoms with E-state index in [1.54, 1.807) is 62.3 Å². The topological polar surface area (TPSA) is 91.3 Å². The summed E-state index contributed by atoms with van der Waals surface area (Å²) in [4.78, 5) is 12.3. The van der Waals surface area contributed by atoms with E-state index in [0.717, 1.165) is 0 Å². The smallest absolute Gasteiger partial charge is 0.456 e. The fraction of sp³-hybridized carbons (Fsp3) is 0.650. The lowest BCUT2D eigenvalue weighted by atomic mass is 10.1. The number of esters is 1. The average molecular weight is 416 g/mol. The summed E-state index contributed by atoms with van der Waals surface area (Å²) < 4.78 is 35.4. The molecule has 0 saturated heterocycles. The van der Waals surface area contributed by atoms with Gasteiger partial charge in [0.2, 0.25) is 0 Å². The molecule has 0 aromatic heterocycles. The third-order valence-electron chi connectivity index (χ3n) is 2.85. The average Bonchev–Trinajstić information content (AvgIpc) is 2.40. The van der Waals surface area contributed by atoms with E-state index in [2.05, 4.69) is 0 Å². The van der Waals surface area contributed by atoms with Gasteiger partial charge in [0.1, 0.15) is 11.4 Å². The molecule has 0 spiro atoms. The van der Waals surface area contributed by atoms with Gasteiger partial charge < -0.3 is 14.4 Å². The maximum Gasteiger partial charge on any atom is 0.531 e.